The summed E-state index contributed by atoms with van der Waals surface area (Å²) in [5.74, 6) is 0.853. The molecular weight excluding hydrogens is 220 g/mol. The number of carbonyl (C=O) groups is 1. The van der Waals surface area contributed by atoms with Crippen molar-refractivity contribution < 1.29 is 4.79 Å². The van der Waals surface area contributed by atoms with Crippen LogP contribution in [0.25, 0.3) is 0 Å². The summed E-state index contributed by atoms with van der Waals surface area (Å²) in [6.07, 6.45) is 2.51. The van der Waals surface area contributed by atoms with Crippen molar-refractivity contribution in [1.29, 1.82) is 0 Å². The molecule has 1 aromatic carbocycles. The number of hydrogen-bond acceptors (Lipinski definition) is 3. The molecule has 0 heterocycles. The van der Waals surface area contributed by atoms with Crippen LogP contribution < -0.4 is 11.1 Å². The highest BCUT2D eigenvalue weighted by Crippen LogP contribution is 2.25. The second-order valence-electron chi connectivity index (χ2n) is 3.76. The first-order valence-electron chi connectivity index (χ1n) is 5.20. The van der Waals surface area contributed by atoms with Crippen molar-refractivity contribution in [1.82, 2.24) is 0 Å². The molecule has 1 rings (SSSR count). The van der Waals surface area contributed by atoms with Gasteiger partial charge in [0.1, 0.15) is 0 Å². The molecule has 0 aliphatic rings. The van der Waals surface area contributed by atoms with Gasteiger partial charge in [0.25, 0.3) is 0 Å². The Morgan fingerprint density at radius 2 is 2.12 bits per heavy atom. The number of carbonyl (C=O) groups excluding carboxylic acids is 1. The third kappa shape index (κ3) is 3.17. The van der Waals surface area contributed by atoms with Crippen LogP contribution in [0.2, 0.25) is 0 Å². The summed E-state index contributed by atoms with van der Waals surface area (Å²) in [5, 5.41) is 2.88. The zero-order valence-corrected chi connectivity index (χ0v) is 10.8. The van der Waals surface area contributed by atoms with E-state index in [-0.39, 0.29) is 5.91 Å². The summed E-state index contributed by atoms with van der Waals surface area (Å²) in [5.41, 5.74) is 9.40. The molecule has 0 aliphatic carbocycles. The van der Waals surface area contributed by atoms with E-state index in [9.17, 15) is 4.79 Å². The Morgan fingerprint density at radius 3 is 2.75 bits per heavy atom. The number of benzene rings is 1. The van der Waals surface area contributed by atoms with Crippen molar-refractivity contribution in [3.8, 4) is 0 Å². The Kier molecular flexibility index (Phi) is 4.68. The van der Waals surface area contributed by atoms with Gasteiger partial charge < -0.3 is 11.1 Å². The average Bonchev–Trinajstić information content (AvgIpc) is 2.27. The third-order valence-corrected chi connectivity index (χ3v) is 3.18. The number of aryl methyl sites for hydroxylation is 1. The first kappa shape index (κ1) is 12.9. The highest BCUT2D eigenvalue weighted by atomic mass is 32.2. The van der Waals surface area contributed by atoms with E-state index in [2.05, 4.69) is 5.32 Å². The molecule has 1 amide bonds. The van der Waals surface area contributed by atoms with Crippen LogP contribution in [-0.2, 0) is 4.79 Å². The summed E-state index contributed by atoms with van der Waals surface area (Å²) in [7, 11) is 0. The predicted molar refractivity (Wildman–Crippen MR) is 72.0 cm³/mol. The van der Waals surface area contributed by atoms with E-state index in [1.54, 1.807) is 11.8 Å². The van der Waals surface area contributed by atoms with Crippen molar-refractivity contribution in [3.05, 3.63) is 23.3 Å². The van der Waals surface area contributed by atoms with Gasteiger partial charge in [-0.15, -0.1) is 0 Å². The number of anilines is 2. The van der Waals surface area contributed by atoms with E-state index < -0.39 is 0 Å². The minimum atomic E-state index is 0.0229. The molecule has 0 saturated carbocycles. The molecule has 0 fully saturated rings. The summed E-state index contributed by atoms with van der Waals surface area (Å²) in [4.78, 5) is 11.6. The molecule has 88 valence electrons. The fourth-order valence-electron chi connectivity index (χ4n) is 1.40. The van der Waals surface area contributed by atoms with Gasteiger partial charge in [-0.25, -0.2) is 0 Å². The number of nitrogens with one attached hydrogen (secondary N) is 1. The maximum Gasteiger partial charge on any atom is 0.225 e. The van der Waals surface area contributed by atoms with Gasteiger partial charge in [-0.3, -0.25) is 4.79 Å². The lowest BCUT2D eigenvalue weighted by Gasteiger charge is -2.13. The van der Waals surface area contributed by atoms with Crippen molar-refractivity contribution in [2.24, 2.45) is 0 Å². The van der Waals surface area contributed by atoms with Crippen LogP contribution in [-0.4, -0.2) is 17.9 Å². The van der Waals surface area contributed by atoms with Crippen molar-refractivity contribution in [2.45, 2.75) is 20.3 Å². The smallest absolute Gasteiger partial charge is 0.225 e. The van der Waals surface area contributed by atoms with Gasteiger partial charge in [-0.2, -0.15) is 11.8 Å². The molecular formula is C12H18N2OS. The predicted octanol–water partition coefficient (Wildman–Crippen LogP) is 2.58. The Balaban J connectivity index is 2.80. The number of hydrogen-bond donors (Lipinski definition) is 2. The van der Waals surface area contributed by atoms with Crippen LogP contribution in [0.4, 0.5) is 11.4 Å². The molecule has 0 radical (unpaired) electrons. The summed E-state index contributed by atoms with van der Waals surface area (Å²) in [6.45, 7) is 3.97. The molecule has 0 unspecified atom stereocenters. The van der Waals surface area contributed by atoms with Crippen LogP contribution in [0.5, 0.6) is 0 Å². The van der Waals surface area contributed by atoms with E-state index in [0.717, 1.165) is 22.6 Å². The van der Waals surface area contributed by atoms with E-state index in [1.807, 2.05) is 32.2 Å². The highest BCUT2D eigenvalue weighted by molar-refractivity contribution is 7.98. The molecule has 4 heteroatoms. The minimum absolute atomic E-state index is 0.0229. The lowest BCUT2D eigenvalue weighted by molar-refractivity contribution is -0.115. The van der Waals surface area contributed by atoms with Crippen LogP contribution in [0, 0.1) is 13.8 Å². The van der Waals surface area contributed by atoms with E-state index >= 15 is 0 Å². The Hall–Kier alpha value is -1.16. The zero-order valence-electron chi connectivity index (χ0n) is 9.96. The molecule has 0 aliphatic heterocycles. The van der Waals surface area contributed by atoms with Crippen LogP contribution >= 0.6 is 11.8 Å². The number of rotatable bonds is 4. The quantitative estimate of drug-likeness (QED) is 0.793. The minimum Gasteiger partial charge on any atom is -0.397 e. The molecule has 0 bridgehead atoms. The van der Waals surface area contributed by atoms with Gasteiger partial charge in [0.05, 0.1) is 11.4 Å². The van der Waals surface area contributed by atoms with Gasteiger partial charge in [0, 0.05) is 12.2 Å². The molecule has 3 N–H and O–H groups in total. The second-order valence-corrected chi connectivity index (χ2v) is 4.75. The Morgan fingerprint density at radius 1 is 1.44 bits per heavy atom. The van der Waals surface area contributed by atoms with E-state index in [4.69, 9.17) is 5.73 Å². The van der Waals surface area contributed by atoms with Gasteiger partial charge in [-0.1, -0.05) is 6.07 Å². The lowest BCUT2D eigenvalue weighted by atomic mass is 10.1. The number of nitrogen functional groups attached to an aromatic ring is 1. The van der Waals surface area contributed by atoms with Crippen LogP contribution in [0.1, 0.15) is 17.5 Å². The summed E-state index contributed by atoms with van der Waals surface area (Å²) < 4.78 is 0. The maximum absolute atomic E-state index is 11.6. The largest absolute Gasteiger partial charge is 0.397 e. The average molecular weight is 238 g/mol. The Labute approximate surface area is 101 Å². The van der Waals surface area contributed by atoms with Gasteiger partial charge >= 0.3 is 0 Å². The van der Waals surface area contributed by atoms with E-state index in [1.165, 1.54) is 0 Å². The highest BCUT2D eigenvalue weighted by Gasteiger charge is 2.09. The molecule has 16 heavy (non-hydrogen) atoms. The van der Waals surface area contributed by atoms with Crippen LogP contribution in [0.3, 0.4) is 0 Å². The summed E-state index contributed by atoms with van der Waals surface area (Å²) >= 11 is 1.66. The standard InChI is InChI=1S/C12H18N2OS/c1-8-4-5-10(13)12(9(8)2)14-11(15)6-7-16-3/h4-5H,6-7,13H2,1-3H3,(H,14,15). The third-order valence-electron chi connectivity index (χ3n) is 2.57. The first-order valence-corrected chi connectivity index (χ1v) is 6.60. The van der Waals surface area contributed by atoms with Crippen molar-refractivity contribution in [3.63, 3.8) is 0 Å². The van der Waals surface area contributed by atoms with E-state index in [0.29, 0.717) is 12.1 Å². The van der Waals surface area contributed by atoms with Gasteiger partial charge in [0.2, 0.25) is 5.91 Å². The monoisotopic (exact) mass is 238 g/mol. The number of thioether (sulfide) groups is 1. The van der Waals surface area contributed by atoms with Gasteiger partial charge in [-0.05, 0) is 37.3 Å². The number of nitrogens with two attached hydrogens (primary N) is 1. The van der Waals surface area contributed by atoms with Crippen molar-refractivity contribution >= 4 is 29.0 Å². The molecule has 0 saturated heterocycles. The first-order chi connectivity index (χ1) is 7.56. The topological polar surface area (TPSA) is 55.1 Å². The van der Waals surface area contributed by atoms with Gasteiger partial charge in [0.15, 0.2) is 0 Å². The second kappa shape index (κ2) is 5.80. The summed E-state index contributed by atoms with van der Waals surface area (Å²) in [6, 6.07) is 3.79. The van der Waals surface area contributed by atoms with Crippen molar-refractivity contribution in [2.75, 3.05) is 23.1 Å². The molecule has 0 aromatic heterocycles. The normalized spacial score (nSPS) is 10.2. The molecule has 1 aromatic rings. The lowest BCUT2D eigenvalue weighted by Crippen LogP contribution is -2.14. The fraction of sp³-hybridized carbons (Fsp3) is 0.417. The Bertz CT molecular complexity index is 391. The fourth-order valence-corrected chi connectivity index (χ4v) is 1.79. The van der Waals surface area contributed by atoms with Crippen LogP contribution in [0.15, 0.2) is 12.1 Å². The number of amides is 1. The molecule has 0 spiro atoms. The molecule has 0 atom stereocenters. The maximum atomic E-state index is 11.6. The zero-order chi connectivity index (χ0) is 12.1. The molecule has 3 nitrogen and oxygen atoms in total. The SMILES string of the molecule is CSCCC(=O)Nc1c(N)ccc(C)c1C.